The van der Waals surface area contributed by atoms with Gasteiger partial charge in [-0.3, -0.25) is 4.72 Å². The van der Waals surface area contributed by atoms with Crippen LogP contribution in [0.5, 0.6) is 0 Å². The van der Waals surface area contributed by atoms with E-state index in [2.05, 4.69) is 15.2 Å². The summed E-state index contributed by atoms with van der Waals surface area (Å²) in [6.45, 7) is 1.42. The molecule has 5 rings (SSSR count). The standard InChI is InChI=1S/C27H27FN4O3S/c1-32-15-13-23-25(32)9-5-10-27(23)36(33,34)31-21-7-4-6-19(16-21)18-29-14-3-2-8-24-22-12-11-20(28)17-26(22)35-30-24/h4-7,9-13,15-17,29,31H,2-3,8,14,18H2,1H3. The van der Waals surface area contributed by atoms with Gasteiger partial charge in [0, 0.05) is 47.8 Å². The average Bonchev–Trinajstić information content (AvgIpc) is 3.44. The summed E-state index contributed by atoms with van der Waals surface area (Å²) < 4.78 is 49.3. The van der Waals surface area contributed by atoms with E-state index in [-0.39, 0.29) is 10.7 Å². The Labute approximate surface area is 209 Å². The summed E-state index contributed by atoms with van der Waals surface area (Å²) in [4.78, 5) is 0.258. The number of fused-ring (bicyclic) bond motifs is 2. The Bertz CT molecular complexity index is 1620. The molecule has 0 radical (unpaired) electrons. The van der Waals surface area contributed by atoms with E-state index in [4.69, 9.17) is 4.52 Å². The number of hydrogen-bond acceptors (Lipinski definition) is 5. The number of anilines is 1. The highest BCUT2D eigenvalue weighted by Crippen LogP contribution is 2.26. The summed E-state index contributed by atoms with van der Waals surface area (Å²) in [6, 6.07) is 19.0. The lowest BCUT2D eigenvalue weighted by Gasteiger charge is -2.11. The number of aryl methyl sites for hydroxylation is 2. The third-order valence-electron chi connectivity index (χ3n) is 6.21. The minimum atomic E-state index is -3.73. The quantitative estimate of drug-likeness (QED) is 0.249. The van der Waals surface area contributed by atoms with E-state index >= 15 is 0 Å². The second-order valence-corrected chi connectivity index (χ2v) is 10.5. The molecule has 0 aliphatic rings. The molecular weight excluding hydrogens is 479 g/mol. The molecule has 0 atom stereocenters. The Morgan fingerprint density at radius 2 is 1.86 bits per heavy atom. The fraction of sp³-hybridized carbons (Fsp3) is 0.222. The van der Waals surface area contributed by atoms with Gasteiger partial charge in [-0.15, -0.1) is 0 Å². The van der Waals surface area contributed by atoms with Crippen LogP contribution in [-0.4, -0.2) is 24.7 Å². The number of sulfonamides is 1. The Balaban J connectivity index is 1.13. The SMILES string of the molecule is Cn1ccc2c(S(=O)(=O)Nc3cccc(CNCCCCc4noc5cc(F)ccc45)c3)cccc21. The van der Waals surface area contributed by atoms with Crippen LogP contribution in [0.15, 0.2) is 82.3 Å². The Morgan fingerprint density at radius 3 is 2.75 bits per heavy atom. The average molecular weight is 507 g/mol. The van der Waals surface area contributed by atoms with Crippen LogP contribution in [0.1, 0.15) is 24.1 Å². The van der Waals surface area contributed by atoms with Gasteiger partial charge < -0.3 is 14.4 Å². The van der Waals surface area contributed by atoms with E-state index in [1.54, 1.807) is 24.3 Å². The first-order valence-electron chi connectivity index (χ1n) is 11.8. The summed E-state index contributed by atoms with van der Waals surface area (Å²) >= 11 is 0. The highest BCUT2D eigenvalue weighted by Gasteiger charge is 2.18. The van der Waals surface area contributed by atoms with Gasteiger partial charge in [-0.25, -0.2) is 12.8 Å². The van der Waals surface area contributed by atoms with Gasteiger partial charge in [-0.1, -0.05) is 23.4 Å². The molecule has 2 aromatic heterocycles. The molecule has 0 unspecified atom stereocenters. The monoisotopic (exact) mass is 506 g/mol. The van der Waals surface area contributed by atoms with Crippen molar-refractivity contribution >= 4 is 37.6 Å². The van der Waals surface area contributed by atoms with Crippen LogP contribution >= 0.6 is 0 Å². The molecule has 0 saturated heterocycles. The molecule has 5 aromatic rings. The fourth-order valence-corrected chi connectivity index (χ4v) is 5.65. The maximum absolute atomic E-state index is 13.3. The van der Waals surface area contributed by atoms with Crippen molar-refractivity contribution in [3.63, 3.8) is 0 Å². The number of rotatable bonds is 10. The molecule has 36 heavy (non-hydrogen) atoms. The predicted octanol–water partition coefficient (Wildman–Crippen LogP) is 5.37. The van der Waals surface area contributed by atoms with Crippen molar-refractivity contribution < 1.29 is 17.3 Å². The van der Waals surface area contributed by atoms with Gasteiger partial charge >= 0.3 is 0 Å². The first-order chi connectivity index (χ1) is 17.4. The van der Waals surface area contributed by atoms with Gasteiger partial charge in [0.2, 0.25) is 0 Å². The first kappa shape index (κ1) is 24.0. The van der Waals surface area contributed by atoms with Crippen molar-refractivity contribution in [3.05, 3.63) is 90.0 Å². The number of unbranched alkanes of at least 4 members (excludes halogenated alkanes) is 1. The van der Waals surface area contributed by atoms with Crippen molar-refractivity contribution in [2.75, 3.05) is 11.3 Å². The lowest BCUT2D eigenvalue weighted by molar-refractivity contribution is 0.442. The maximum Gasteiger partial charge on any atom is 0.262 e. The van der Waals surface area contributed by atoms with Crippen molar-refractivity contribution in [1.82, 2.24) is 15.0 Å². The van der Waals surface area contributed by atoms with Gasteiger partial charge in [0.25, 0.3) is 10.0 Å². The van der Waals surface area contributed by atoms with Gasteiger partial charge in [0.15, 0.2) is 5.58 Å². The van der Waals surface area contributed by atoms with Gasteiger partial charge in [0.05, 0.1) is 10.6 Å². The van der Waals surface area contributed by atoms with E-state index in [9.17, 15) is 12.8 Å². The molecule has 3 aromatic carbocycles. The Kier molecular flexibility index (Phi) is 6.75. The van der Waals surface area contributed by atoms with E-state index in [1.807, 2.05) is 48.1 Å². The van der Waals surface area contributed by atoms with Crippen LogP contribution in [0, 0.1) is 5.82 Å². The molecule has 0 aliphatic carbocycles. The second kappa shape index (κ2) is 10.1. The third kappa shape index (κ3) is 5.12. The van der Waals surface area contributed by atoms with Crippen LogP contribution in [0.2, 0.25) is 0 Å². The van der Waals surface area contributed by atoms with Crippen molar-refractivity contribution in [2.24, 2.45) is 7.05 Å². The maximum atomic E-state index is 13.3. The van der Waals surface area contributed by atoms with Crippen LogP contribution < -0.4 is 10.0 Å². The number of nitrogens with zero attached hydrogens (tertiary/aromatic N) is 2. The minimum Gasteiger partial charge on any atom is -0.356 e. The Hall–Kier alpha value is -3.69. The molecular formula is C27H27FN4O3S. The zero-order valence-electron chi connectivity index (χ0n) is 19.9. The number of benzene rings is 3. The van der Waals surface area contributed by atoms with E-state index in [0.717, 1.165) is 48.0 Å². The summed E-state index contributed by atoms with van der Waals surface area (Å²) in [5, 5.41) is 9.01. The van der Waals surface area contributed by atoms with Crippen LogP contribution in [0.25, 0.3) is 21.9 Å². The third-order valence-corrected chi connectivity index (χ3v) is 7.65. The van der Waals surface area contributed by atoms with Crippen molar-refractivity contribution in [2.45, 2.75) is 30.7 Å². The molecule has 0 bridgehead atoms. The first-order valence-corrected chi connectivity index (χ1v) is 13.3. The topological polar surface area (TPSA) is 89.2 Å². The number of aromatic nitrogens is 2. The molecule has 0 saturated carbocycles. The molecule has 186 valence electrons. The lowest BCUT2D eigenvalue weighted by Crippen LogP contribution is -2.16. The molecule has 7 nitrogen and oxygen atoms in total. The molecule has 0 fully saturated rings. The van der Waals surface area contributed by atoms with Crippen molar-refractivity contribution in [3.8, 4) is 0 Å². The summed E-state index contributed by atoms with van der Waals surface area (Å²) in [6.07, 6.45) is 4.45. The number of nitrogens with one attached hydrogen (secondary N) is 2. The summed E-state index contributed by atoms with van der Waals surface area (Å²) in [5.74, 6) is -0.333. The van der Waals surface area contributed by atoms with Gasteiger partial charge in [-0.2, -0.15) is 0 Å². The van der Waals surface area contributed by atoms with E-state index in [1.165, 1.54) is 12.1 Å². The van der Waals surface area contributed by atoms with Crippen molar-refractivity contribution in [1.29, 1.82) is 0 Å². The largest absolute Gasteiger partial charge is 0.356 e. The van der Waals surface area contributed by atoms with Crippen LogP contribution in [0.3, 0.4) is 0 Å². The second-order valence-electron chi connectivity index (χ2n) is 8.83. The lowest BCUT2D eigenvalue weighted by atomic mass is 10.1. The zero-order chi connectivity index (χ0) is 25.1. The molecule has 9 heteroatoms. The molecule has 0 aliphatic heterocycles. The van der Waals surface area contributed by atoms with Crippen LogP contribution in [0.4, 0.5) is 10.1 Å². The summed E-state index contributed by atoms with van der Waals surface area (Å²) in [7, 11) is -1.84. The predicted molar refractivity (Wildman–Crippen MR) is 139 cm³/mol. The smallest absolute Gasteiger partial charge is 0.262 e. The van der Waals surface area contributed by atoms with Gasteiger partial charge in [0.1, 0.15) is 5.82 Å². The highest BCUT2D eigenvalue weighted by atomic mass is 32.2. The minimum absolute atomic E-state index is 0.258. The Morgan fingerprint density at radius 1 is 1.00 bits per heavy atom. The van der Waals surface area contributed by atoms with E-state index < -0.39 is 10.0 Å². The number of hydrogen-bond donors (Lipinski definition) is 2. The molecule has 0 spiro atoms. The molecule has 0 amide bonds. The normalized spacial score (nSPS) is 11.9. The molecule has 2 heterocycles. The highest BCUT2D eigenvalue weighted by molar-refractivity contribution is 7.93. The zero-order valence-corrected chi connectivity index (χ0v) is 20.7. The molecule has 2 N–H and O–H groups in total. The van der Waals surface area contributed by atoms with Crippen LogP contribution in [-0.2, 0) is 30.0 Å². The fourth-order valence-electron chi connectivity index (χ4n) is 4.38. The number of halogens is 1. The van der Waals surface area contributed by atoms with Gasteiger partial charge in [-0.05, 0) is 73.8 Å². The van der Waals surface area contributed by atoms with E-state index in [0.29, 0.717) is 23.2 Å². The summed E-state index contributed by atoms with van der Waals surface area (Å²) in [5.41, 5.74) is 3.69.